The number of hydrogen-bond donors (Lipinski definition) is 1. The molecule has 2 aromatic carbocycles. The molecule has 4 rings (SSSR count). The average Bonchev–Trinajstić information content (AvgIpc) is 2.89. The van der Waals surface area contributed by atoms with E-state index in [-0.39, 0.29) is 37.3 Å². The molecule has 0 spiro atoms. The van der Waals surface area contributed by atoms with Crippen LogP contribution < -0.4 is 24.4 Å². The van der Waals surface area contributed by atoms with E-state index >= 15 is 0 Å². The van der Waals surface area contributed by atoms with Crippen molar-refractivity contribution in [2.45, 2.75) is 32.1 Å². The highest BCUT2D eigenvalue weighted by Crippen LogP contribution is 2.35. The monoisotopic (exact) mass is 481 g/mol. The van der Waals surface area contributed by atoms with Crippen LogP contribution in [0.2, 0.25) is 0 Å². The Labute approximate surface area is 204 Å². The minimum Gasteiger partial charge on any atom is -0.493 e. The van der Waals surface area contributed by atoms with Gasteiger partial charge in [-0.1, -0.05) is 6.07 Å². The smallest absolute Gasteiger partial charge is 0.265 e. The SMILES string of the molecule is COc1ccc(CCC(=O)Nc2ccc3c(c2)N(CC(=O)N2CCCCC2)C(=O)CO3)cc1OC. The van der Waals surface area contributed by atoms with Gasteiger partial charge in [0.2, 0.25) is 11.8 Å². The van der Waals surface area contributed by atoms with Gasteiger partial charge in [0.1, 0.15) is 12.3 Å². The lowest BCUT2D eigenvalue weighted by atomic mass is 10.1. The van der Waals surface area contributed by atoms with Crippen molar-refractivity contribution < 1.29 is 28.6 Å². The fourth-order valence-corrected chi connectivity index (χ4v) is 4.35. The number of likely N-dealkylation sites (tertiary alicyclic amines) is 1. The number of aryl methyl sites for hydroxylation is 1. The molecule has 1 fully saturated rings. The Morgan fingerprint density at radius 3 is 2.51 bits per heavy atom. The zero-order chi connectivity index (χ0) is 24.8. The first-order valence-corrected chi connectivity index (χ1v) is 11.8. The van der Waals surface area contributed by atoms with E-state index in [1.165, 1.54) is 4.90 Å². The molecule has 0 bridgehead atoms. The molecule has 0 aromatic heterocycles. The van der Waals surface area contributed by atoms with Gasteiger partial charge in [-0.15, -0.1) is 0 Å². The second-order valence-electron chi connectivity index (χ2n) is 8.63. The van der Waals surface area contributed by atoms with Crippen molar-refractivity contribution in [1.29, 1.82) is 0 Å². The maximum Gasteiger partial charge on any atom is 0.265 e. The predicted molar refractivity (Wildman–Crippen MR) is 131 cm³/mol. The molecule has 2 aliphatic heterocycles. The molecule has 0 saturated carbocycles. The van der Waals surface area contributed by atoms with Gasteiger partial charge in [-0.3, -0.25) is 19.3 Å². The van der Waals surface area contributed by atoms with Crippen LogP contribution in [0.1, 0.15) is 31.2 Å². The van der Waals surface area contributed by atoms with E-state index in [0.717, 1.165) is 37.9 Å². The number of amides is 3. The van der Waals surface area contributed by atoms with Gasteiger partial charge in [-0.2, -0.15) is 0 Å². The van der Waals surface area contributed by atoms with Gasteiger partial charge in [0.25, 0.3) is 5.91 Å². The first kappa shape index (κ1) is 24.4. The summed E-state index contributed by atoms with van der Waals surface area (Å²) < 4.78 is 16.1. The van der Waals surface area contributed by atoms with Gasteiger partial charge in [-0.05, 0) is 61.6 Å². The second kappa shape index (κ2) is 11.1. The molecule has 0 aliphatic carbocycles. The third kappa shape index (κ3) is 5.85. The van der Waals surface area contributed by atoms with Crippen molar-refractivity contribution in [2.75, 3.05) is 50.7 Å². The number of hydrogen-bond acceptors (Lipinski definition) is 6. The summed E-state index contributed by atoms with van der Waals surface area (Å²) in [5, 5.41) is 2.88. The third-order valence-electron chi connectivity index (χ3n) is 6.28. The Kier molecular flexibility index (Phi) is 7.74. The summed E-state index contributed by atoms with van der Waals surface area (Å²) in [4.78, 5) is 41.3. The van der Waals surface area contributed by atoms with Crippen LogP contribution in [0.5, 0.6) is 17.2 Å². The van der Waals surface area contributed by atoms with Crippen molar-refractivity contribution >= 4 is 29.1 Å². The Morgan fingerprint density at radius 2 is 1.77 bits per heavy atom. The summed E-state index contributed by atoms with van der Waals surface area (Å²) in [6, 6.07) is 10.7. The number of carbonyl (C=O) groups excluding carboxylic acids is 3. The molecule has 2 heterocycles. The molecule has 1 saturated heterocycles. The number of piperidine rings is 1. The van der Waals surface area contributed by atoms with Crippen molar-refractivity contribution in [3.05, 3.63) is 42.0 Å². The Morgan fingerprint density at radius 1 is 1.00 bits per heavy atom. The van der Waals surface area contributed by atoms with E-state index in [9.17, 15) is 14.4 Å². The summed E-state index contributed by atoms with van der Waals surface area (Å²) in [5.41, 5.74) is 1.98. The molecule has 0 atom stereocenters. The molecule has 2 aliphatic rings. The molecule has 9 heteroatoms. The number of nitrogens with one attached hydrogen (secondary N) is 1. The number of fused-ring (bicyclic) bond motifs is 1. The number of anilines is 2. The van der Waals surface area contributed by atoms with E-state index < -0.39 is 0 Å². The highest BCUT2D eigenvalue weighted by Gasteiger charge is 2.29. The van der Waals surface area contributed by atoms with Gasteiger partial charge in [0, 0.05) is 25.2 Å². The number of benzene rings is 2. The molecule has 1 N–H and O–H groups in total. The first-order chi connectivity index (χ1) is 17.0. The van der Waals surface area contributed by atoms with Crippen LogP contribution in [0.4, 0.5) is 11.4 Å². The van der Waals surface area contributed by atoms with Gasteiger partial charge < -0.3 is 24.4 Å². The molecule has 186 valence electrons. The largest absolute Gasteiger partial charge is 0.493 e. The third-order valence-corrected chi connectivity index (χ3v) is 6.28. The highest BCUT2D eigenvalue weighted by molar-refractivity contribution is 6.03. The highest BCUT2D eigenvalue weighted by atomic mass is 16.5. The van der Waals surface area contributed by atoms with Crippen LogP contribution in [-0.2, 0) is 20.8 Å². The number of methoxy groups -OCH3 is 2. The van der Waals surface area contributed by atoms with E-state index in [1.54, 1.807) is 32.4 Å². The van der Waals surface area contributed by atoms with Gasteiger partial charge in [0.05, 0.1) is 19.9 Å². The lowest BCUT2D eigenvalue weighted by Crippen LogP contribution is -2.47. The topological polar surface area (TPSA) is 97.4 Å². The van der Waals surface area contributed by atoms with E-state index in [2.05, 4.69) is 5.32 Å². The van der Waals surface area contributed by atoms with Gasteiger partial charge >= 0.3 is 0 Å². The lowest BCUT2D eigenvalue weighted by molar-refractivity contribution is -0.132. The molecule has 35 heavy (non-hydrogen) atoms. The second-order valence-corrected chi connectivity index (χ2v) is 8.63. The van der Waals surface area contributed by atoms with Crippen LogP contribution in [0.15, 0.2) is 36.4 Å². The molecular formula is C26H31N3O6. The maximum atomic E-state index is 12.8. The fourth-order valence-electron chi connectivity index (χ4n) is 4.35. The zero-order valence-corrected chi connectivity index (χ0v) is 20.2. The maximum absolute atomic E-state index is 12.8. The minimum atomic E-state index is -0.278. The van der Waals surface area contributed by atoms with Crippen LogP contribution in [0.25, 0.3) is 0 Å². The van der Waals surface area contributed by atoms with Crippen LogP contribution in [0, 0.1) is 0 Å². The number of rotatable bonds is 8. The normalized spacial score (nSPS) is 15.2. The average molecular weight is 482 g/mol. The molecule has 0 unspecified atom stereocenters. The molecular weight excluding hydrogens is 450 g/mol. The summed E-state index contributed by atoms with van der Waals surface area (Å²) in [5.74, 6) is 1.24. The first-order valence-electron chi connectivity index (χ1n) is 11.8. The summed E-state index contributed by atoms with van der Waals surface area (Å²) in [6.07, 6.45) is 3.88. The fraction of sp³-hybridized carbons (Fsp3) is 0.423. The predicted octanol–water partition coefficient (Wildman–Crippen LogP) is 3.01. The van der Waals surface area contributed by atoms with Crippen LogP contribution in [0.3, 0.4) is 0 Å². The summed E-state index contributed by atoms with van der Waals surface area (Å²) in [7, 11) is 3.15. The summed E-state index contributed by atoms with van der Waals surface area (Å²) in [6.45, 7) is 1.30. The minimum absolute atomic E-state index is 0.0358. The van der Waals surface area contributed by atoms with E-state index in [0.29, 0.717) is 35.0 Å². The van der Waals surface area contributed by atoms with E-state index in [4.69, 9.17) is 14.2 Å². The Balaban J connectivity index is 1.41. The Hall–Kier alpha value is -3.75. The molecule has 2 aromatic rings. The quantitative estimate of drug-likeness (QED) is 0.623. The van der Waals surface area contributed by atoms with Crippen LogP contribution in [-0.4, -0.2) is 63.1 Å². The molecule has 0 radical (unpaired) electrons. The van der Waals surface area contributed by atoms with Crippen molar-refractivity contribution in [2.24, 2.45) is 0 Å². The van der Waals surface area contributed by atoms with Gasteiger partial charge in [-0.25, -0.2) is 0 Å². The lowest BCUT2D eigenvalue weighted by Gasteiger charge is -2.33. The molecule has 3 amide bonds. The van der Waals surface area contributed by atoms with Crippen molar-refractivity contribution in [3.8, 4) is 17.2 Å². The van der Waals surface area contributed by atoms with Crippen LogP contribution >= 0.6 is 0 Å². The molecule has 9 nitrogen and oxygen atoms in total. The zero-order valence-electron chi connectivity index (χ0n) is 20.2. The number of ether oxygens (including phenoxy) is 3. The Bertz CT molecular complexity index is 1100. The number of carbonyl (C=O) groups is 3. The standard InChI is InChI=1S/C26H31N3O6/c1-33-22-9-6-18(14-23(22)34-2)7-11-24(30)27-19-8-10-21-20(15-19)29(26(32)17-35-21)16-25(31)28-12-4-3-5-13-28/h6,8-10,14-15H,3-5,7,11-13,16-17H2,1-2H3,(H,27,30). The van der Waals surface area contributed by atoms with Crippen molar-refractivity contribution in [3.63, 3.8) is 0 Å². The summed E-state index contributed by atoms with van der Waals surface area (Å²) >= 11 is 0. The van der Waals surface area contributed by atoms with Gasteiger partial charge in [0.15, 0.2) is 18.1 Å². The van der Waals surface area contributed by atoms with Crippen molar-refractivity contribution in [1.82, 2.24) is 4.90 Å². The van der Waals surface area contributed by atoms with E-state index in [1.807, 2.05) is 23.1 Å². The number of nitrogens with zero attached hydrogens (tertiary/aromatic N) is 2.